The molecule has 0 N–H and O–H groups in total. The lowest BCUT2D eigenvalue weighted by atomic mass is 10.2. The maximum absolute atomic E-state index is 6.02. The summed E-state index contributed by atoms with van der Waals surface area (Å²) in [6.07, 6.45) is 0. The zero-order valence-electron chi connectivity index (χ0n) is 11.4. The minimum atomic E-state index is 0.340. The highest BCUT2D eigenvalue weighted by Crippen LogP contribution is 2.32. The molecule has 3 aromatic rings. The van der Waals surface area contributed by atoms with Gasteiger partial charge in [0, 0.05) is 21.7 Å². The van der Waals surface area contributed by atoms with Gasteiger partial charge >= 0.3 is 0 Å². The van der Waals surface area contributed by atoms with Crippen molar-refractivity contribution < 1.29 is 4.74 Å². The van der Waals surface area contributed by atoms with E-state index < -0.39 is 0 Å². The number of aromatic nitrogens is 1. The van der Waals surface area contributed by atoms with Crippen LogP contribution in [0.5, 0.6) is 11.5 Å². The Hall–Kier alpha value is -1.77. The smallest absolute Gasteiger partial charge is 0.153 e. The van der Waals surface area contributed by atoms with E-state index >= 15 is 0 Å². The number of para-hydroxylation sites is 1. The predicted molar refractivity (Wildman–Crippen MR) is 87.6 cm³/mol. The van der Waals surface area contributed by atoms with Crippen LogP contribution in [-0.4, -0.2) is 4.98 Å². The second-order valence-electron chi connectivity index (χ2n) is 4.77. The van der Waals surface area contributed by atoms with Gasteiger partial charge in [-0.05, 0) is 37.3 Å². The van der Waals surface area contributed by atoms with E-state index in [4.69, 9.17) is 27.9 Å². The molecule has 0 unspecified atom stereocenters. The van der Waals surface area contributed by atoms with Gasteiger partial charge in [-0.2, -0.15) is 0 Å². The fourth-order valence-corrected chi connectivity index (χ4v) is 2.57. The first-order valence-corrected chi connectivity index (χ1v) is 7.47. The van der Waals surface area contributed by atoms with Gasteiger partial charge in [-0.1, -0.05) is 29.8 Å². The molecule has 0 saturated carbocycles. The first-order valence-electron chi connectivity index (χ1n) is 6.56. The molecule has 0 aliphatic rings. The van der Waals surface area contributed by atoms with Gasteiger partial charge in [0.1, 0.15) is 11.3 Å². The summed E-state index contributed by atoms with van der Waals surface area (Å²) in [5.74, 6) is 1.75. The highest BCUT2D eigenvalue weighted by atomic mass is 35.5. The lowest BCUT2D eigenvalue weighted by Crippen LogP contribution is -1.92. The minimum Gasteiger partial charge on any atom is -0.455 e. The largest absolute Gasteiger partial charge is 0.455 e. The molecule has 0 radical (unpaired) electrons. The van der Waals surface area contributed by atoms with Crippen molar-refractivity contribution in [2.45, 2.75) is 12.8 Å². The summed E-state index contributed by atoms with van der Waals surface area (Å²) in [6, 6.07) is 15.3. The van der Waals surface area contributed by atoms with Gasteiger partial charge in [0.2, 0.25) is 0 Å². The molecular formula is C17H13Cl2NO. The zero-order chi connectivity index (χ0) is 14.8. The molecule has 0 aliphatic heterocycles. The molecule has 106 valence electrons. The summed E-state index contributed by atoms with van der Waals surface area (Å²) < 4.78 is 6.02. The number of rotatable bonds is 3. The van der Waals surface area contributed by atoms with Crippen molar-refractivity contribution in [1.82, 2.24) is 4.98 Å². The summed E-state index contributed by atoms with van der Waals surface area (Å²) in [6.45, 7) is 1.96. The van der Waals surface area contributed by atoms with Crippen LogP contribution >= 0.6 is 23.2 Å². The van der Waals surface area contributed by atoms with Gasteiger partial charge < -0.3 is 4.74 Å². The Bertz CT molecular complexity index is 802. The fourth-order valence-electron chi connectivity index (χ4n) is 2.17. The molecule has 2 aromatic carbocycles. The van der Waals surface area contributed by atoms with Crippen LogP contribution in [0, 0.1) is 6.92 Å². The number of nitrogens with zero attached hydrogens (tertiary/aromatic N) is 1. The fraction of sp³-hybridized carbons (Fsp3) is 0.118. The van der Waals surface area contributed by atoms with Gasteiger partial charge in [0.05, 0.1) is 5.88 Å². The molecule has 0 spiro atoms. The maximum atomic E-state index is 6.02. The Labute approximate surface area is 133 Å². The molecular weight excluding hydrogens is 305 g/mol. The molecule has 0 aliphatic carbocycles. The van der Waals surface area contributed by atoms with E-state index in [1.165, 1.54) is 0 Å². The second kappa shape index (κ2) is 5.92. The molecule has 0 fully saturated rings. The summed E-state index contributed by atoms with van der Waals surface area (Å²) in [5, 5.41) is 1.68. The van der Waals surface area contributed by atoms with Gasteiger partial charge in [0.25, 0.3) is 0 Å². The molecule has 1 heterocycles. The number of hydrogen-bond donors (Lipinski definition) is 0. The van der Waals surface area contributed by atoms with Crippen molar-refractivity contribution in [2.75, 3.05) is 0 Å². The average molecular weight is 318 g/mol. The van der Waals surface area contributed by atoms with Crippen molar-refractivity contribution in [3.63, 3.8) is 0 Å². The number of alkyl halides is 1. The van der Waals surface area contributed by atoms with Crippen molar-refractivity contribution in [2.24, 2.45) is 0 Å². The van der Waals surface area contributed by atoms with Crippen LogP contribution in [-0.2, 0) is 5.88 Å². The molecule has 0 saturated heterocycles. The quantitative estimate of drug-likeness (QED) is 0.576. The van der Waals surface area contributed by atoms with Crippen LogP contribution < -0.4 is 4.74 Å². The second-order valence-corrected chi connectivity index (χ2v) is 5.47. The molecule has 2 nitrogen and oxygen atoms in total. The topological polar surface area (TPSA) is 22.1 Å². The first kappa shape index (κ1) is 14.2. The van der Waals surface area contributed by atoms with Gasteiger partial charge in [0.15, 0.2) is 5.75 Å². The normalized spacial score (nSPS) is 10.8. The average Bonchev–Trinajstić information content (AvgIpc) is 2.49. The maximum Gasteiger partial charge on any atom is 0.153 e. The number of fused-ring (bicyclic) bond motifs is 1. The number of aryl methyl sites for hydroxylation is 1. The lowest BCUT2D eigenvalue weighted by Gasteiger charge is -2.12. The van der Waals surface area contributed by atoms with E-state index in [1.54, 1.807) is 6.07 Å². The molecule has 4 heteroatoms. The van der Waals surface area contributed by atoms with Crippen molar-refractivity contribution in [1.29, 1.82) is 0 Å². The third kappa shape index (κ3) is 2.97. The van der Waals surface area contributed by atoms with Crippen LogP contribution in [0.25, 0.3) is 10.9 Å². The monoisotopic (exact) mass is 317 g/mol. The Morgan fingerprint density at radius 1 is 1.05 bits per heavy atom. The highest BCUT2D eigenvalue weighted by molar-refractivity contribution is 6.30. The summed E-state index contributed by atoms with van der Waals surface area (Å²) in [4.78, 5) is 4.56. The van der Waals surface area contributed by atoms with Crippen LogP contribution in [0.4, 0.5) is 0 Å². The molecule has 0 atom stereocenters. The number of ether oxygens (including phenoxy) is 1. The number of halogens is 2. The summed E-state index contributed by atoms with van der Waals surface area (Å²) in [7, 11) is 0. The molecule has 0 amide bonds. The van der Waals surface area contributed by atoms with Crippen molar-refractivity contribution in [3.05, 3.63) is 64.8 Å². The van der Waals surface area contributed by atoms with Crippen molar-refractivity contribution >= 4 is 34.1 Å². The molecule has 21 heavy (non-hydrogen) atoms. The van der Waals surface area contributed by atoms with E-state index in [2.05, 4.69) is 4.98 Å². The Morgan fingerprint density at radius 2 is 1.90 bits per heavy atom. The van der Waals surface area contributed by atoms with E-state index in [0.29, 0.717) is 22.4 Å². The van der Waals surface area contributed by atoms with E-state index in [-0.39, 0.29) is 0 Å². The van der Waals surface area contributed by atoms with Crippen LogP contribution in [0.1, 0.15) is 11.3 Å². The summed E-state index contributed by atoms with van der Waals surface area (Å²) >= 11 is 11.9. The number of pyridine rings is 1. The molecule has 1 aromatic heterocycles. The van der Waals surface area contributed by atoms with E-state index in [9.17, 15) is 0 Å². The molecule has 0 bridgehead atoms. The molecule has 3 rings (SSSR count). The van der Waals surface area contributed by atoms with Gasteiger partial charge in [-0.15, -0.1) is 11.6 Å². The minimum absolute atomic E-state index is 0.340. The first-order chi connectivity index (χ1) is 10.2. The number of hydrogen-bond acceptors (Lipinski definition) is 2. The Balaban J connectivity index is 2.08. The lowest BCUT2D eigenvalue weighted by molar-refractivity contribution is 0.482. The van der Waals surface area contributed by atoms with E-state index in [1.807, 2.05) is 49.4 Å². The Kier molecular flexibility index (Phi) is 4.00. The zero-order valence-corrected chi connectivity index (χ0v) is 12.9. The predicted octanol–water partition coefficient (Wildman–Crippen LogP) is 5.73. The summed E-state index contributed by atoms with van der Waals surface area (Å²) in [5.41, 5.74) is 2.65. The van der Waals surface area contributed by atoms with Crippen LogP contribution in [0.3, 0.4) is 0 Å². The third-order valence-electron chi connectivity index (χ3n) is 3.21. The van der Waals surface area contributed by atoms with Gasteiger partial charge in [-0.3, -0.25) is 0 Å². The SMILES string of the molecule is Cc1ccc2cccc(Oc3ccc(Cl)cc3CCl)c2n1. The van der Waals surface area contributed by atoms with E-state index in [0.717, 1.165) is 22.2 Å². The third-order valence-corrected chi connectivity index (χ3v) is 3.73. The van der Waals surface area contributed by atoms with Crippen LogP contribution in [0.15, 0.2) is 48.5 Å². The van der Waals surface area contributed by atoms with Gasteiger partial charge in [-0.25, -0.2) is 4.98 Å². The van der Waals surface area contributed by atoms with Crippen LogP contribution in [0.2, 0.25) is 5.02 Å². The highest BCUT2D eigenvalue weighted by Gasteiger charge is 2.09. The Morgan fingerprint density at radius 3 is 2.71 bits per heavy atom. The standard InChI is InChI=1S/C17H13Cl2NO/c1-11-5-6-12-3-2-4-16(17(12)20-11)21-15-8-7-14(19)9-13(15)10-18/h2-9H,10H2,1H3. The van der Waals surface area contributed by atoms with Crippen molar-refractivity contribution in [3.8, 4) is 11.5 Å². The number of benzene rings is 2.